The highest BCUT2D eigenvalue weighted by Crippen LogP contribution is 2.54. The number of pyridine rings is 1. The maximum atomic E-state index is 13.2. The van der Waals surface area contributed by atoms with Gasteiger partial charge in [0.1, 0.15) is 16.8 Å². The van der Waals surface area contributed by atoms with Gasteiger partial charge in [-0.15, -0.1) is 0 Å². The van der Waals surface area contributed by atoms with E-state index < -0.39 is 16.2 Å². The molecule has 4 aromatic heterocycles. The summed E-state index contributed by atoms with van der Waals surface area (Å²) in [4.78, 5) is 28.9. The van der Waals surface area contributed by atoms with Crippen molar-refractivity contribution >= 4 is 28.0 Å². The molecule has 41 heavy (non-hydrogen) atoms. The van der Waals surface area contributed by atoms with Gasteiger partial charge in [0.15, 0.2) is 11.5 Å². The predicted octanol–water partition coefficient (Wildman–Crippen LogP) is 3.54. The summed E-state index contributed by atoms with van der Waals surface area (Å²) in [6.45, 7) is 0. The summed E-state index contributed by atoms with van der Waals surface area (Å²) in [5.41, 5.74) is 8.86. The molecule has 6 N–H and O–H groups in total. The van der Waals surface area contributed by atoms with E-state index in [2.05, 4.69) is 25.3 Å². The molecule has 1 aliphatic carbocycles. The number of nitrogens with one attached hydrogen (secondary N) is 1. The van der Waals surface area contributed by atoms with Crippen molar-refractivity contribution in [3.63, 3.8) is 0 Å². The van der Waals surface area contributed by atoms with Crippen LogP contribution >= 0.6 is 10.6 Å². The van der Waals surface area contributed by atoms with Gasteiger partial charge in [-0.05, 0) is 44.6 Å². The molecule has 7 rings (SSSR count). The minimum Gasteiger partial charge on any atom is -0.384 e. The highest BCUT2D eigenvalue weighted by Gasteiger charge is 2.46. The number of nitrogens with two attached hydrogens (primary N) is 1. The van der Waals surface area contributed by atoms with Crippen molar-refractivity contribution in [2.75, 3.05) is 12.0 Å². The Morgan fingerprint density at radius 2 is 1.85 bits per heavy atom. The monoisotopic (exact) mass is 579 g/mol. The number of hydrogen-bond donors (Lipinski definition) is 5. The van der Waals surface area contributed by atoms with Crippen molar-refractivity contribution < 1.29 is 19.0 Å². The molecule has 2 atom stereocenters. The van der Waals surface area contributed by atoms with Crippen molar-refractivity contribution in [3.05, 3.63) is 48.1 Å². The molecule has 3 fully saturated rings. The first-order valence-electron chi connectivity index (χ1n) is 13.9. The summed E-state index contributed by atoms with van der Waals surface area (Å²) in [6.07, 6.45) is 12.3. The quantitative estimate of drug-likeness (QED) is 0.234. The van der Waals surface area contributed by atoms with Gasteiger partial charge in [0.25, 0.3) is 5.91 Å². The Kier molecular flexibility index (Phi) is 6.08. The van der Waals surface area contributed by atoms with Gasteiger partial charge in [-0.1, -0.05) is 18.9 Å². The zero-order valence-corrected chi connectivity index (χ0v) is 23.5. The van der Waals surface area contributed by atoms with E-state index in [0.29, 0.717) is 48.3 Å². The largest absolute Gasteiger partial charge is 0.384 e. The lowest BCUT2D eigenvalue weighted by molar-refractivity contribution is 0.0399. The van der Waals surface area contributed by atoms with E-state index >= 15 is 0 Å². The molecular weight excluding hydrogens is 546 g/mol. The second-order valence-electron chi connectivity index (χ2n) is 11.6. The van der Waals surface area contributed by atoms with Crippen LogP contribution in [0.1, 0.15) is 79.3 Å². The molecule has 1 saturated carbocycles. The van der Waals surface area contributed by atoms with Gasteiger partial charge in [-0.2, -0.15) is 25.3 Å². The first-order valence-corrected chi connectivity index (χ1v) is 15.9. The van der Waals surface area contributed by atoms with Crippen molar-refractivity contribution in [1.82, 2.24) is 39.7 Å². The molecular formula is C27H33N9O4S. The Bertz CT molecular complexity index is 1600. The SMILES string of the molecule is CS(O)(O)c1c(C2CC3CCC(C2)N3C(=O)c2ncn[nH]2)nc2c(-c3ccc(C4(O)CCCC4)nc3)cnn2c1N. The Morgan fingerprint density at radius 3 is 2.46 bits per heavy atom. The number of amides is 1. The fraction of sp³-hybridized carbons (Fsp3) is 0.481. The standard InChI is InChI=1S/C27H33N9O4S/c1-41(39,40)22-21(16-10-17-5-6-18(11-16)35(17)26(37)24-30-14-31-34-24)33-25-19(13-32-36(25)23(22)28)15-4-7-20(29-12-15)27(38)8-2-3-9-27/h4,7,12-14,16-18,38-40H,2-3,5-6,8-11,28H2,1H3,(H,30,31,34). The molecule has 2 unspecified atom stereocenters. The zero-order chi connectivity index (χ0) is 28.5. The molecule has 14 heteroatoms. The van der Waals surface area contributed by atoms with Gasteiger partial charge in [-0.25, -0.2) is 9.97 Å². The third-order valence-electron chi connectivity index (χ3n) is 9.00. The number of hydrogen-bond acceptors (Lipinski definition) is 10. The molecule has 13 nitrogen and oxygen atoms in total. The Labute approximate surface area is 237 Å². The highest BCUT2D eigenvalue weighted by molar-refractivity contribution is 8.23. The lowest BCUT2D eigenvalue weighted by Crippen LogP contribution is -2.46. The Morgan fingerprint density at radius 1 is 1.12 bits per heavy atom. The van der Waals surface area contributed by atoms with Crippen LogP contribution in [0.2, 0.25) is 0 Å². The molecule has 3 aliphatic rings. The molecule has 4 aromatic rings. The maximum Gasteiger partial charge on any atom is 0.291 e. The number of anilines is 1. The van der Waals surface area contributed by atoms with Crippen LogP contribution in [0.25, 0.3) is 16.8 Å². The van der Waals surface area contributed by atoms with Crippen molar-refractivity contribution in [1.29, 1.82) is 0 Å². The number of carbonyl (C=O) groups is 1. The molecule has 6 heterocycles. The average molecular weight is 580 g/mol. The molecule has 0 radical (unpaired) electrons. The number of aromatic nitrogens is 7. The van der Waals surface area contributed by atoms with E-state index in [4.69, 9.17) is 10.7 Å². The van der Waals surface area contributed by atoms with Crippen LogP contribution in [0.15, 0.2) is 35.7 Å². The minimum atomic E-state index is -3.25. The number of H-pyrrole nitrogens is 1. The molecule has 216 valence electrons. The maximum absolute atomic E-state index is 13.2. The molecule has 1 amide bonds. The number of nitrogens with zero attached hydrogens (tertiary/aromatic N) is 7. The van der Waals surface area contributed by atoms with Crippen LogP contribution in [-0.4, -0.2) is 78.1 Å². The highest BCUT2D eigenvalue weighted by atomic mass is 32.3. The molecule has 2 saturated heterocycles. The second kappa shape index (κ2) is 9.48. The normalized spacial score (nSPS) is 24.3. The Balaban J connectivity index is 1.27. The van der Waals surface area contributed by atoms with E-state index in [1.807, 2.05) is 17.0 Å². The fourth-order valence-electron chi connectivity index (χ4n) is 7.10. The third kappa shape index (κ3) is 4.28. The fourth-order valence-corrected chi connectivity index (χ4v) is 8.19. The first kappa shape index (κ1) is 26.3. The van der Waals surface area contributed by atoms with Crippen LogP contribution in [0, 0.1) is 0 Å². The van der Waals surface area contributed by atoms with Crippen LogP contribution in [0.5, 0.6) is 0 Å². The van der Waals surface area contributed by atoms with Gasteiger partial charge < -0.3 is 15.7 Å². The summed E-state index contributed by atoms with van der Waals surface area (Å²) < 4.78 is 23.2. The van der Waals surface area contributed by atoms with Crippen LogP contribution in [0.3, 0.4) is 0 Å². The summed E-state index contributed by atoms with van der Waals surface area (Å²) in [5.74, 6) is 0.0412. The Hall–Kier alpha value is -3.59. The first-order chi connectivity index (χ1) is 19.6. The zero-order valence-electron chi connectivity index (χ0n) is 22.6. The molecule has 2 bridgehead atoms. The van der Waals surface area contributed by atoms with E-state index in [9.17, 15) is 19.0 Å². The van der Waals surface area contributed by atoms with Gasteiger partial charge in [0.2, 0.25) is 5.82 Å². The van der Waals surface area contributed by atoms with Crippen LogP contribution in [-0.2, 0) is 5.60 Å². The summed E-state index contributed by atoms with van der Waals surface area (Å²) >= 11 is 0. The average Bonchev–Trinajstić information content (AvgIpc) is 3.75. The van der Waals surface area contributed by atoms with Crippen molar-refractivity contribution in [2.45, 2.75) is 79.9 Å². The number of aliphatic hydroxyl groups is 1. The van der Waals surface area contributed by atoms with Gasteiger partial charge in [-0.3, -0.25) is 24.0 Å². The summed E-state index contributed by atoms with van der Waals surface area (Å²) in [5, 5.41) is 21.9. The smallest absolute Gasteiger partial charge is 0.291 e. The van der Waals surface area contributed by atoms with E-state index in [1.54, 1.807) is 12.4 Å². The number of piperidine rings is 1. The molecule has 2 aliphatic heterocycles. The lowest BCUT2D eigenvalue weighted by atomic mass is 9.87. The van der Waals surface area contributed by atoms with Crippen molar-refractivity contribution in [3.8, 4) is 11.1 Å². The van der Waals surface area contributed by atoms with E-state index in [0.717, 1.165) is 31.2 Å². The molecule has 0 aromatic carbocycles. The summed E-state index contributed by atoms with van der Waals surface area (Å²) in [6, 6.07) is 3.68. The number of fused-ring (bicyclic) bond motifs is 3. The second-order valence-corrected chi connectivity index (χ2v) is 13.7. The topological polar surface area (TPSA) is 192 Å². The minimum absolute atomic E-state index is 0.0374. The van der Waals surface area contributed by atoms with E-state index in [-0.39, 0.29) is 40.4 Å². The number of aromatic amines is 1. The van der Waals surface area contributed by atoms with Gasteiger partial charge >= 0.3 is 0 Å². The van der Waals surface area contributed by atoms with Gasteiger partial charge in [0, 0.05) is 41.6 Å². The predicted molar refractivity (Wildman–Crippen MR) is 151 cm³/mol. The number of nitrogen functional groups attached to an aromatic ring is 1. The third-order valence-corrected chi connectivity index (χ3v) is 10.2. The van der Waals surface area contributed by atoms with Gasteiger partial charge in [0.05, 0.1) is 17.6 Å². The van der Waals surface area contributed by atoms with Crippen LogP contribution in [0.4, 0.5) is 5.82 Å². The number of rotatable bonds is 5. The lowest BCUT2D eigenvalue weighted by Gasteiger charge is -2.40. The van der Waals surface area contributed by atoms with Crippen LogP contribution < -0.4 is 5.73 Å². The molecule has 0 spiro atoms. The summed E-state index contributed by atoms with van der Waals surface area (Å²) in [7, 11) is -3.25. The van der Waals surface area contributed by atoms with Crippen molar-refractivity contribution in [2.24, 2.45) is 0 Å². The van der Waals surface area contributed by atoms with E-state index in [1.165, 1.54) is 17.1 Å². The number of carbonyl (C=O) groups excluding carboxylic acids is 1.